The van der Waals surface area contributed by atoms with E-state index in [0.717, 1.165) is 0 Å². The van der Waals surface area contributed by atoms with Crippen molar-refractivity contribution in [1.29, 1.82) is 5.41 Å². The standard InChI is InChI=1S/C22H27N5O5S/c1-22(2)17-13-16(7-8-18(17)26-33(22,31)32)27(11-12-28)20(30)10-9-19(29)25-15-5-3-14(4-6-15)21(23)24/h3-8,13,26,28H,9-12H2,1-2H3,(H3,23,24)(H,25,29). The maximum Gasteiger partial charge on any atom is 0.242 e. The Morgan fingerprint density at radius 2 is 1.82 bits per heavy atom. The van der Waals surface area contributed by atoms with Gasteiger partial charge in [-0.1, -0.05) is 0 Å². The highest BCUT2D eigenvalue weighted by molar-refractivity contribution is 7.94. The van der Waals surface area contributed by atoms with Gasteiger partial charge in [0.05, 0.1) is 12.3 Å². The van der Waals surface area contributed by atoms with Crippen LogP contribution in [0.2, 0.25) is 0 Å². The van der Waals surface area contributed by atoms with E-state index in [-0.39, 0.29) is 43.6 Å². The molecule has 2 amide bonds. The Balaban J connectivity index is 1.69. The van der Waals surface area contributed by atoms with Gasteiger partial charge in [-0.2, -0.15) is 0 Å². The molecule has 0 aromatic heterocycles. The predicted molar refractivity (Wildman–Crippen MR) is 127 cm³/mol. The van der Waals surface area contributed by atoms with Gasteiger partial charge < -0.3 is 21.1 Å². The first-order valence-electron chi connectivity index (χ1n) is 10.3. The lowest BCUT2D eigenvalue weighted by molar-refractivity contribution is -0.122. The van der Waals surface area contributed by atoms with E-state index >= 15 is 0 Å². The molecule has 33 heavy (non-hydrogen) atoms. The van der Waals surface area contributed by atoms with Gasteiger partial charge in [-0.25, -0.2) is 8.42 Å². The largest absolute Gasteiger partial charge is 0.395 e. The fourth-order valence-corrected chi connectivity index (χ4v) is 4.70. The molecular formula is C22H27N5O5S. The summed E-state index contributed by atoms with van der Waals surface area (Å²) in [6.45, 7) is 2.87. The zero-order valence-electron chi connectivity index (χ0n) is 18.4. The quantitative estimate of drug-likeness (QED) is 0.289. The lowest BCUT2D eigenvalue weighted by atomic mass is 9.99. The maximum absolute atomic E-state index is 12.9. The lowest BCUT2D eigenvalue weighted by Crippen LogP contribution is -2.34. The van der Waals surface area contributed by atoms with Crippen molar-refractivity contribution in [3.63, 3.8) is 0 Å². The molecule has 0 spiro atoms. The first-order valence-corrected chi connectivity index (χ1v) is 11.8. The van der Waals surface area contributed by atoms with E-state index < -0.39 is 14.8 Å². The predicted octanol–water partition coefficient (Wildman–Crippen LogP) is 1.71. The Kier molecular flexibility index (Phi) is 6.75. The van der Waals surface area contributed by atoms with Crippen LogP contribution in [0.1, 0.15) is 37.8 Å². The van der Waals surface area contributed by atoms with Crippen LogP contribution in [0, 0.1) is 5.41 Å². The molecule has 0 bridgehead atoms. The smallest absolute Gasteiger partial charge is 0.242 e. The minimum Gasteiger partial charge on any atom is -0.395 e. The number of fused-ring (bicyclic) bond motifs is 1. The third kappa shape index (κ3) is 4.99. The van der Waals surface area contributed by atoms with Crippen LogP contribution in [0.3, 0.4) is 0 Å². The molecule has 3 rings (SSSR count). The molecule has 1 aliphatic heterocycles. The average Bonchev–Trinajstić information content (AvgIpc) is 2.94. The second kappa shape index (κ2) is 9.20. The molecule has 0 saturated heterocycles. The first kappa shape index (κ1) is 24.2. The molecule has 10 nitrogen and oxygen atoms in total. The first-order chi connectivity index (χ1) is 15.5. The SMILES string of the molecule is CC1(C)c2cc(N(CCO)C(=O)CCC(=O)Nc3ccc(C(=N)N)cc3)ccc2NS1(=O)=O. The molecule has 1 aliphatic rings. The topological polar surface area (TPSA) is 166 Å². The molecular weight excluding hydrogens is 446 g/mol. The number of benzene rings is 2. The van der Waals surface area contributed by atoms with E-state index in [9.17, 15) is 23.1 Å². The second-order valence-corrected chi connectivity index (χ2v) is 10.4. The summed E-state index contributed by atoms with van der Waals surface area (Å²) in [5.74, 6) is -0.822. The van der Waals surface area contributed by atoms with Gasteiger partial charge in [-0.15, -0.1) is 0 Å². The van der Waals surface area contributed by atoms with E-state index in [2.05, 4.69) is 10.0 Å². The van der Waals surface area contributed by atoms with Gasteiger partial charge in [0.2, 0.25) is 21.8 Å². The number of aliphatic hydroxyl groups excluding tert-OH is 1. The molecule has 11 heteroatoms. The molecule has 0 saturated carbocycles. The molecule has 0 aliphatic carbocycles. The molecule has 0 atom stereocenters. The van der Waals surface area contributed by atoms with E-state index in [1.807, 2.05) is 0 Å². The van der Waals surface area contributed by atoms with Crippen molar-refractivity contribution in [3.8, 4) is 0 Å². The van der Waals surface area contributed by atoms with Crippen LogP contribution in [-0.2, 0) is 24.4 Å². The molecule has 176 valence electrons. The van der Waals surface area contributed by atoms with Crippen molar-refractivity contribution >= 4 is 44.7 Å². The molecule has 6 N–H and O–H groups in total. The van der Waals surface area contributed by atoms with Crippen molar-refractivity contribution in [2.75, 3.05) is 28.1 Å². The van der Waals surface area contributed by atoms with Crippen LogP contribution in [-0.4, -0.2) is 44.3 Å². The van der Waals surface area contributed by atoms with Gasteiger partial charge in [0.25, 0.3) is 0 Å². The zero-order chi connectivity index (χ0) is 24.4. The van der Waals surface area contributed by atoms with Crippen LogP contribution in [0.5, 0.6) is 0 Å². The number of nitrogen functional groups attached to an aromatic ring is 1. The number of carbonyl (C=O) groups excluding carboxylic acids is 2. The molecule has 2 aromatic rings. The van der Waals surface area contributed by atoms with Gasteiger partial charge in [0.1, 0.15) is 10.6 Å². The molecule has 0 radical (unpaired) electrons. The number of sulfonamides is 1. The van der Waals surface area contributed by atoms with Crippen molar-refractivity contribution < 1.29 is 23.1 Å². The summed E-state index contributed by atoms with van der Waals surface area (Å²) in [4.78, 5) is 26.5. The number of nitrogens with one attached hydrogen (secondary N) is 3. The van der Waals surface area contributed by atoms with Crippen molar-refractivity contribution in [2.24, 2.45) is 5.73 Å². The number of aliphatic hydroxyl groups is 1. The highest BCUT2D eigenvalue weighted by Crippen LogP contribution is 2.43. The number of amides is 2. The summed E-state index contributed by atoms with van der Waals surface area (Å²) in [6, 6.07) is 11.3. The van der Waals surface area contributed by atoms with Crippen LogP contribution in [0.25, 0.3) is 0 Å². The summed E-state index contributed by atoms with van der Waals surface area (Å²) in [5.41, 5.74) is 7.88. The summed E-state index contributed by atoms with van der Waals surface area (Å²) >= 11 is 0. The zero-order valence-corrected chi connectivity index (χ0v) is 19.2. The Bertz CT molecular complexity index is 1190. The summed E-state index contributed by atoms with van der Waals surface area (Å²) in [6.07, 6.45) is -0.185. The summed E-state index contributed by atoms with van der Waals surface area (Å²) in [5, 5.41) is 19.5. The minimum absolute atomic E-state index is 0.00630. The number of hydrogen-bond donors (Lipinski definition) is 5. The Labute approximate surface area is 192 Å². The highest BCUT2D eigenvalue weighted by atomic mass is 32.2. The van der Waals surface area contributed by atoms with Crippen LogP contribution in [0.4, 0.5) is 17.1 Å². The van der Waals surface area contributed by atoms with Crippen molar-refractivity contribution in [1.82, 2.24) is 0 Å². The third-order valence-corrected chi connectivity index (χ3v) is 7.60. The van der Waals surface area contributed by atoms with Gasteiger partial charge in [-0.3, -0.25) is 19.7 Å². The number of nitrogens with zero attached hydrogens (tertiary/aromatic N) is 1. The van der Waals surface area contributed by atoms with E-state index in [1.54, 1.807) is 56.3 Å². The van der Waals surface area contributed by atoms with E-state index in [4.69, 9.17) is 11.1 Å². The number of nitrogens with two attached hydrogens (primary N) is 1. The fourth-order valence-electron chi connectivity index (χ4n) is 3.51. The monoisotopic (exact) mass is 473 g/mol. The average molecular weight is 474 g/mol. The van der Waals surface area contributed by atoms with Gasteiger partial charge in [0, 0.05) is 41.9 Å². The second-order valence-electron chi connectivity index (χ2n) is 8.15. The van der Waals surface area contributed by atoms with Crippen LogP contribution >= 0.6 is 0 Å². The molecule has 1 heterocycles. The molecule has 2 aromatic carbocycles. The number of hydrogen-bond acceptors (Lipinski definition) is 6. The Morgan fingerprint density at radius 1 is 1.15 bits per heavy atom. The van der Waals surface area contributed by atoms with Crippen molar-refractivity contribution in [3.05, 3.63) is 53.6 Å². The minimum atomic E-state index is -3.59. The van der Waals surface area contributed by atoms with Crippen LogP contribution in [0.15, 0.2) is 42.5 Å². The number of rotatable bonds is 8. The van der Waals surface area contributed by atoms with E-state index in [0.29, 0.717) is 28.2 Å². The molecule has 0 unspecified atom stereocenters. The summed E-state index contributed by atoms with van der Waals surface area (Å²) < 4.78 is 26.1. The summed E-state index contributed by atoms with van der Waals surface area (Å²) in [7, 11) is -3.59. The number of anilines is 3. The number of amidine groups is 1. The molecule has 0 fully saturated rings. The lowest BCUT2D eigenvalue weighted by Gasteiger charge is -2.24. The third-order valence-electron chi connectivity index (χ3n) is 5.55. The fraction of sp³-hybridized carbons (Fsp3) is 0.318. The maximum atomic E-state index is 12.9. The Morgan fingerprint density at radius 3 is 2.42 bits per heavy atom. The van der Waals surface area contributed by atoms with Crippen LogP contribution < -0.4 is 20.7 Å². The number of carbonyl (C=O) groups is 2. The van der Waals surface area contributed by atoms with Gasteiger partial charge in [-0.05, 0) is 56.3 Å². The van der Waals surface area contributed by atoms with Gasteiger partial charge in [0.15, 0.2) is 0 Å². The highest BCUT2D eigenvalue weighted by Gasteiger charge is 2.44. The van der Waals surface area contributed by atoms with Gasteiger partial charge >= 0.3 is 0 Å². The van der Waals surface area contributed by atoms with E-state index in [1.165, 1.54) is 4.90 Å². The normalized spacial score (nSPS) is 15.2. The Hall–Kier alpha value is -3.44. The van der Waals surface area contributed by atoms with Crippen molar-refractivity contribution in [2.45, 2.75) is 31.4 Å².